The van der Waals surface area contributed by atoms with Crippen LogP contribution in [-0.4, -0.2) is 20.9 Å². The van der Waals surface area contributed by atoms with Gasteiger partial charge in [0.15, 0.2) is 0 Å². The Balaban J connectivity index is 2.08. The van der Waals surface area contributed by atoms with Crippen molar-refractivity contribution in [3.8, 4) is 0 Å². The molecule has 0 unspecified atom stereocenters. The molecule has 0 saturated heterocycles. The topological polar surface area (TPSA) is 88.4 Å². The summed E-state index contributed by atoms with van der Waals surface area (Å²) in [6.45, 7) is 7.18. The molecule has 0 aliphatic carbocycles. The van der Waals surface area contributed by atoms with Crippen molar-refractivity contribution in [2.45, 2.75) is 39.1 Å². The smallest absolute Gasteiger partial charge is 0.241 e. The summed E-state index contributed by atoms with van der Waals surface area (Å²) in [6.07, 6.45) is 1.51. The number of hydrogen-bond acceptors (Lipinski definition) is 4. The van der Waals surface area contributed by atoms with Crippen LogP contribution in [-0.2, 0) is 21.4 Å². The second-order valence-electron chi connectivity index (χ2n) is 5.77. The molecule has 0 aliphatic heterocycles. The van der Waals surface area contributed by atoms with Gasteiger partial charge in [0.1, 0.15) is 5.76 Å². The molecular weight excluding hydrogens is 328 g/mol. The molecule has 6 nitrogen and oxygen atoms in total. The van der Waals surface area contributed by atoms with Crippen molar-refractivity contribution in [2.75, 3.05) is 6.54 Å². The number of benzene rings is 1. The first-order valence-electron chi connectivity index (χ1n) is 7.58. The Kier molecular flexibility index (Phi) is 5.46. The van der Waals surface area contributed by atoms with E-state index in [1.807, 2.05) is 19.9 Å². The molecule has 2 N–H and O–H groups in total. The van der Waals surface area contributed by atoms with Crippen LogP contribution < -0.4 is 10.0 Å². The third-order valence-corrected chi connectivity index (χ3v) is 5.70. The number of amides is 1. The van der Waals surface area contributed by atoms with Gasteiger partial charge < -0.3 is 9.73 Å². The summed E-state index contributed by atoms with van der Waals surface area (Å²) in [6, 6.07) is 5.41. The van der Waals surface area contributed by atoms with Gasteiger partial charge in [-0.1, -0.05) is 6.07 Å². The third kappa shape index (κ3) is 4.04. The highest BCUT2D eigenvalue weighted by Crippen LogP contribution is 2.25. The zero-order chi connectivity index (χ0) is 17.9. The highest BCUT2D eigenvalue weighted by molar-refractivity contribution is 7.89. The van der Waals surface area contributed by atoms with Gasteiger partial charge in [-0.05, 0) is 62.1 Å². The van der Waals surface area contributed by atoms with E-state index in [-0.39, 0.29) is 18.0 Å². The average Bonchev–Trinajstić information content (AvgIpc) is 3.02. The number of nitrogens with one attached hydrogen (secondary N) is 2. The van der Waals surface area contributed by atoms with Gasteiger partial charge in [-0.3, -0.25) is 4.79 Å². The predicted molar refractivity (Wildman–Crippen MR) is 91.1 cm³/mol. The third-order valence-electron chi connectivity index (χ3n) is 4.03. The van der Waals surface area contributed by atoms with Gasteiger partial charge in [0, 0.05) is 0 Å². The highest BCUT2D eigenvalue weighted by atomic mass is 32.2. The van der Waals surface area contributed by atoms with Crippen molar-refractivity contribution >= 4 is 15.9 Å². The van der Waals surface area contributed by atoms with Crippen molar-refractivity contribution in [2.24, 2.45) is 0 Å². The van der Waals surface area contributed by atoms with Gasteiger partial charge in [0.2, 0.25) is 15.9 Å². The minimum Gasteiger partial charge on any atom is -0.467 e. The molecule has 24 heavy (non-hydrogen) atoms. The number of sulfonamides is 1. The normalized spacial score (nSPS) is 11.5. The second-order valence-corrected chi connectivity index (χ2v) is 7.47. The summed E-state index contributed by atoms with van der Waals surface area (Å²) in [5, 5.41) is 2.60. The van der Waals surface area contributed by atoms with E-state index >= 15 is 0 Å². The lowest BCUT2D eigenvalue weighted by Gasteiger charge is -2.16. The maximum Gasteiger partial charge on any atom is 0.241 e. The molecule has 1 heterocycles. The molecule has 1 aromatic heterocycles. The van der Waals surface area contributed by atoms with E-state index in [4.69, 9.17) is 4.42 Å². The average molecular weight is 350 g/mol. The van der Waals surface area contributed by atoms with Crippen LogP contribution in [0.5, 0.6) is 0 Å². The molecule has 2 rings (SSSR count). The molecule has 0 bridgehead atoms. The van der Waals surface area contributed by atoms with Crippen LogP contribution in [0.2, 0.25) is 0 Å². The molecule has 7 heteroatoms. The van der Waals surface area contributed by atoms with E-state index in [0.717, 1.165) is 11.1 Å². The highest BCUT2D eigenvalue weighted by Gasteiger charge is 2.22. The van der Waals surface area contributed by atoms with Gasteiger partial charge in [-0.2, -0.15) is 0 Å². The van der Waals surface area contributed by atoms with Crippen LogP contribution in [0.1, 0.15) is 28.0 Å². The first kappa shape index (κ1) is 18.2. The lowest BCUT2D eigenvalue weighted by atomic mass is 10.0. The molecule has 1 amide bonds. The molecule has 0 spiro atoms. The Morgan fingerprint density at radius 1 is 1.12 bits per heavy atom. The van der Waals surface area contributed by atoms with Crippen LogP contribution in [0.15, 0.2) is 33.8 Å². The summed E-state index contributed by atoms with van der Waals surface area (Å²) in [4.78, 5) is 12.1. The molecular formula is C17H22N2O4S. The Labute approximate surface area is 142 Å². The summed E-state index contributed by atoms with van der Waals surface area (Å²) in [5.41, 5.74) is 3.20. The van der Waals surface area contributed by atoms with Gasteiger partial charge in [0.25, 0.3) is 0 Å². The number of aryl methyl sites for hydroxylation is 2. The van der Waals surface area contributed by atoms with Crippen molar-refractivity contribution < 1.29 is 17.6 Å². The van der Waals surface area contributed by atoms with Crippen LogP contribution in [0.25, 0.3) is 0 Å². The van der Waals surface area contributed by atoms with Crippen LogP contribution in [0.3, 0.4) is 0 Å². The Morgan fingerprint density at radius 2 is 1.75 bits per heavy atom. The molecule has 1 aromatic carbocycles. The molecule has 130 valence electrons. The van der Waals surface area contributed by atoms with E-state index < -0.39 is 15.9 Å². The summed E-state index contributed by atoms with van der Waals surface area (Å²) in [5.74, 6) is 0.182. The van der Waals surface area contributed by atoms with Crippen LogP contribution in [0.4, 0.5) is 0 Å². The van der Waals surface area contributed by atoms with E-state index in [2.05, 4.69) is 10.0 Å². The van der Waals surface area contributed by atoms with E-state index in [0.29, 0.717) is 16.9 Å². The second kappa shape index (κ2) is 7.19. The molecule has 0 radical (unpaired) electrons. The number of carbonyl (C=O) groups excluding carboxylic acids is 1. The molecule has 0 aliphatic rings. The SMILES string of the molecule is Cc1cc(C)c(C)c(S(=O)(=O)NCC(=O)NCc2ccco2)c1C. The summed E-state index contributed by atoms with van der Waals surface area (Å²) in [7, 11) is -3.77. The largest absolute Gasteiger partial charge is 0.467 e. The minimum absolute atomic E-state index is 0.217. The molecule has 0 saturated carbocycles. The minimum atomic E-state index is -3.77. The zero-order valence-electron chi connectivity index (χ0n) is 14.3. The van der Waals surface area contributed by atoms with Crippen molar-refractivity contribution in [1.82, 2.24) is 10.0 Å². The van der Waals surface area contributed by atoms with Crippen molar-refractivity contribution in [1.29, 1.82) is 0 Å². The number of hydrogen-bond donors (Lipinski definition) is 2. The van der Waals surface area contributed by atoms with E-state index in [9.17, 15) is 13.2 Å². The predicted octanol–water partition coefficient (Wildman–Crippen LogP) is 2.11. The molecule has 0 fully saturated rings. The first-order valence-corrected chi connectivity index (χ1v) is 9.07. The zero-order valence-corrected chi connectivity index (χ0v) is 15.1. The molecule has 0 atom stereocenters. The standard InChI is InChI=1S/C17H22N2O4S/c1-11-8-12(2)14(4)17(13(11)3)24(21,22)19-10-16(20)18-9-15-6-5-7-23-15/h5-8,19H,9-10H2,1-4H3,(H,18,20). The fraction of sp³-hybridized carbons (Fsp3) is 0.353. The maximum absolute atomic E-state index is 12.6. The van der Waals surface area contributed by atoms with E-state index in [1.165, 1.54) is 6.26 Å². The van der Waals surface area contributed by atoms with Gasteiger partial charge in [0.05, 0.1) is 24.2 Å². The maximum atomic E-state index is 12.6. The summed E-state index contributed by atoms with van der Waals surface area (Å²) >= 11 is 0. The monoisotopic (exact) mass is 350 g/mol. The van der Waals surface area contributed by atoms with Gasteiger partial charge in [-0.25, -0.2) is 13.1 Å². The Bertz CT molecular complexity index is 814. The van der Waals surface area contributed by atoms with Gasteiger partial charge in [-0.15, -0.1) is 0 Å². The van der Waals surface area contributed by atoms with Crippen LogP contribution >= 0.6 is 0 Å². The molecule has 2 aromatic rings. The number of rotatable bonds is 6. The van der Waals surface area contributed by atoms with Crippen LogP contribution in [0, 0.1) is 27.7 Å². The quantitative estimate of drug-likeness (QED) is 0.835. The first-order chi connectivity index (χ1) is 11.2. The number of furan rings is 1. The Hall–Kier alpha value is -2.12. The van der Waals surface area contributed by atoms with E-state index in [1.54, 1.807) is 26.0 Å². The lowest BCUT2D eigenvalue weighted by Crippen LogP contribution is -2.37. The Morgan fingerprint density at radius 3 is 2.29 bits per heavy atom. The lowest BCUT2D eigenvalue weighted by molar-refractivity contribution is -0.120. The van der Waals surface area contributed by atoms with Crippen molar-refractivity contribution in [3.63, 3.8) is 0 Å². The van der Waals surface area contributed by atoms with Gasteiger partial charge >= 0.3 is 0 Å². The summed E-state index contributed by atoms with van der Waals surface area (Å²) < 4.78 is 32.7. The fourth-order valence-corrected chi connectivity index (χ4v) is 4.07. The van der Waals surface area contributed by atoms with Crippen molar-refractivity contribution in [3.05, 3.63) is 52.5 Å². The fourth-order valence-electron chi connectivity index (χ4n) is 2.48. The number of carbonyl (C=O) groups is 1.